The molecule has 1 aromatic carbocycles. The molecule has 3 N–H and O–H groups in total. The third-order valence-electron chi connectivity index (χ3n) is 6.37. The minimum atomic E-state index is -1.42. The van der Waals surface area contributed by atoms with Crippen LogP contribution in [-0.4, -0.2) is 69.8 Å². The van der Waals surface area contributed by atoms with Crippen LogP contribution in [0, 0.1) is 0 Å². The van der Waals surface area contributed by atoms with Crippen molar-refractivity contribution in [2.24, 2.45) is 7.05 Å². The number of hydrogen-bond donors (Lipinski definition) is 3. The first-order valence-corrected chi connectivity index (χ1v) is 10.8. The number of fused-ring (bicyclic) bond motifs is 4. The molecule has 186 valence electrons. The summed E-state index contributed by atoms with van der Waals surface area (Å²) in [7, 11) is 8.32. The first-order valence-electron chi connectivity index (χ1n) is 10.8. The minimum Gasteiger partial charge on any atom is -0.506 e. The second kappa shape index (κ2) is 10.8. The molecule has 0 radical (unpaired) electrons. The topological polar surface area (TPSA) is 102 Å². The Labute approximate surface area is 211 Å². The molecule has 1 aliphatic rings. The highest BCUT2D eigenvalue weighted by molar-refractivity contribution is 5.93. The highest BCUT2D eigenvalue weighted by Gasteiger charge is 2.26. The number of nitrogens with zero attached hydrogens (tertiary/aromatic N) is 3. The summed E-state index contributed by atoms with van der Waals surface area (Å²) in [6.45, 7) is 2.77. The third-order valence-corrected chi connectivity index (χ3v) is 6.37. The molecule has 1 aliphatic carbocycles. The number of carboxylic acid groups (broad SMARTS) is 1. The van der Waals surface area contributed by atoms with Crippen molar-refractivity contribution in [3.8, 4) is 17.0 Å². The molecular formula is C24H32Cl2N4O4. The standard InChI is InChI=1S/C24H30N4O4.2ClH/c1-26(2)8-9-27(3)13-16-10-15-11-18-14(12-19(15)28(16)4)6-5-7-17-21(18)25-23(30)20(22(17)29)24(31)32;;/h10-12H,5-9,13H2,1-4H3,(H,31,32)(H2,25,29,30);2*1H. The summed E-state index contributed by atoms with van der Waals surface area (Å²) in [5, 5.41) is 21.0. The average Bonchev–Trinajstić information content (AvgIpc) is 2.89. The number of rotatable bonds is 6. The van der Waals surface area contributed by atoms with Gasteiger partial charge in [-0.15, -0.1) is 24.8 Å². The van der Waals surface area contributed by atoms with Gasteiger partial charge in [0.15, 0.2) is 5.56 Å². The second-order valence-electron chi connectivity index (χ2n) is 8.99. The number of carbonyl (C=O) groups is 1. The lowest BCUT2D eigenvalue weighted by Crippen LogP contribution is -2.28. The summed E-state index contributed by atoms with van der Waals surface area (Å²) in [5.41, 5.74) is 3.92. The summed E-state index contributed by atoms with van der Waals surface area (Å²) >= 11 is 0. The molecule has 10 heteroatoms. The van der Waals surface area contributed by atoms with Crippen molar-refractivity contribution < 1.29 is 15.0 Å². The van der Waals surface area contributed by atoms with Gasteiger partial charge in [0, 0.05) is 54.4 Å². The minimum absolute atomic E-state index is 0. The van der Waals surface area contributed by atoms with Gasteiger partial charge in [-0.25, -0.2) is 4.79 Å². The predicted octanol–water partition coefficient (Wildman–Crippen LogP) is 3.26. The Bertz CT molecular complexity index is 1270. The van der Waals surface area contributed by atoms with Crippen LogP contribution in [0.15, 0.2) is 23.0 Å². The van der Waals surface area contributed by atoms with Gasteiger partial charge in [0.1, 0.15) is 5.75 Å². The van der Waals surface area contributed by atoms with Crippen molar-refractivity contribution in [3.05, 3.63) is 50.9 Å². The fourth-order valence-corrected chi connectivity index (χ4v) is 4.56. The lowest BCUT2D eigenvalue weighted by molar-refractivity contribution is 0.0691. The zero-order chi connectivity index (χ0) is 23.2. The van der Waals surface area contributed by atoms with E-state index in [4.69, 9.17) is 0 Å². The normalized spacial score (nSPS) is 12.6. The van der Waals surface area contributed by atoms with Gasteiger partial charge >= 0.3 is 5.97 Å². The maximum atomic E-state index is 12.4. The van der Waals surface area contributed by atoms with E-state index in [2.05, 4.69) is 59.7 Å². The highest BCUT2D eigenvalue weighted by Crippen LogP contribution is 2.38. The highest BCUT2D eigenvalue weighted by atomic mass is 35.5. The average molecular weight is 511 g/mol. The van der Waals surface area contributed by atoms with Crippen LogP contribution in [0.25, 0.3) is 22.2 Å². The molecule has 2 heterocycles. The number of benzene rings is 1. The molecule has 0 unspecified atom stereocenters. The Hall–Kier alpha value is -2.52. The van der Waals surface area contributed by atoms with Crippen molar-refractivity contribution in [2.45, 2.75) is 25.8 Å². The first-order chi connectivity index (χ1) is 15.2. The quantitative estimate of drug-likeness (QED) is 0.470. The predicted molar refractivity (Wildman–Crippen MR) is 139 cm³/mol. The molecule has 2 aromatic heterocycles. The molecule has 0 saturated carbocycles. The number of aromatic nitrogens is 2. The third kappa shape index (κ3) is 5.10. The van der Waals surface area contributed by atoms with Gasteiger partial charge in [-0.3, -0.25) is 9.69 Å². The van der Waals surface area contributed by atoms with Gasteiger partial charge in [-0.2, -0.15) is 0 Å². The second-order valence-corrected chi connectivity index (χ2v) is 8.99. The zero-order valence-corrected chi connectivity index (χ0v) is 21.5. The molecule has 0 fully saturated rings. The molecule has 0 aliphatic heterocycles. The van der Waals surface area contributed by atoms with E-state index in [1.807, 2.05) is 6.07 Å². The monoisotopic (exact) mass is 510 g/mol. The Kier molecular flexibility index (Phi) is 8.82. The Morgan fingerprint density at radius 2 is 1.82 bits per heavy atom. The lowest BCUT2D eigenvalue weighted by atomic mass is 9.98. The number of halogens is 2. The molecule has 0 spiro atoms. The van der Waals surface area contributed by atoms with Crippen LogP contribution in [0.2, 0.25) is 0 Å². The fraction of sp³-hybridized carbons (Fsp3) is 0.417. The van der Waals surface area contributed by atoms with Crippen molar-refractivity contribution in [2.75, 3.05) is 34.2 Å². The maximum Gasteiger partial charge on any atom is 0.345 e. The van der Waals surface area contributed by atoms with E-state index < -0.39 is 22.8 Å². The van der Waals surface area contributed by atoms with E-state index in [9.17, 15) is 19.8 Å². The van der Waals surface area contributed by atoms with E-state index in [0.29, 0.717) is 17.7 Å². The molecule has 3 aromatic rings. The van der Waals surface area contributed by atoms with E-state index in [-0.39, 0.29) is 24.8 Å². The van der Waals surface area contributed by atoms with Gasteiger partial charge in [0.2, 0.25) is 0 Å². The number of aromatic amines is 1. The number of pyridine rings is 1. The SMILES string of the molecule is CN(C)CCN(C)Cc1cc2cc3c(cc2n1C)CCCc1c-3[nH]c(=O)c(C(=O)O)c1O.Cl.Cl. The Balaban J connectivity index is 0.00000204. The number of aryl methyl sites for hydroxylation is 2. The molecule has 4 rings (SSSR count). The van der Waals surface area contributed by atoms with Gasteiger partial charge < -0.3 is 24.7 Å². The summed E-state index contributed by atoms with van der Waals surface area (Å²) in [4.78, 5) is 31.1. The van der Waals surface area contributed by atoms with Crippen LogP contribution < -0.4 is 5.56 Å². The van der Waals surface area contributed by atoms with Crippen molar-refractivity contribution >= 4 is 41.7 Å². The van der Waals surface area contributed by atoms with Gasteiger partial charge in [0.25, 0.3) is 5.56 Å². The first kappa shape index (κ1) is 27.7. The summed E-state index contributed by atoms with van der Waals surface area (Å²) in [6.07, 6.45) is 2.05. The number of aromatic carboxylic acids is 1. The maximum absolute atomic E-state index is 12.4. The van der Waals surface area contributed by atoms with E-state index in [1.165, 1.54) is 5.69 Å². The van der Waals surface area contributed by atoms with Crippen LogP contribution in [0.1, 0.15) is 33.6 Å². The largest absolute Gasteiger partial charge is 0.506 e. The number of likely N-dealkylation sites (N-methyl/N-ethyl adjacent to an activating group) is 2. The number of hydrogen-bond acceptors (Lipinski definition) is 5. The number of carboxylic acids is 1. The van der Waals surface area contributed by atoms with E-state index in [1.54, 1.807) is 0 Å². The molecule has 0 amide bonds. The van der Waals surface area contributed by atoms with Crippen molar-refractivity contribution in [1.29, 1.82) is 0 Å². The van der Waals surface area contributed by atoms with Crippen LogP contribution in [-0.2, 0) is 26.4 Å². The van der Waals surface area contributed by atoms with Gasteiger partial charge in [-0.1, -0.05) is 0 Å². The lowest BCUT2D eigenvalue weighted by Gasteiger charge is -2.19. The molecular weight excluding hydrogens is 479 g/mol. The van der Waals surface area contributed by atoms with E-state index >= 15 is 0 Å². The van der Waals surface area contributed by atoms with Crippen LogP contribution >= 0.6 is 24.8 Å². The number of H-pyrrole nitrogens is 1. The number of nitrogens with one attached hydrogen (secondary N) is 1. The van der Waals surface area contributed by atoms with Crippen LogP contribution in [0.4, 0.5) is 0 Å². The summed E-state index contributed by atoms with van der Waals surface area (Å²) in [6, 6.07) is 6.37. The van der Waals surface area contributed by atoms with Crippen LogP contribution in [0.5, 0.6) is 5.75 Å². The molecule has 34 heavy (non-hydrogen) atoms. The molecule has 8 nitrogen and oxygen atoms in total. The summed E-state index contributed by atoms with van der Waals surface area (Å²) in [5.74, 6) is -1.84. The Morgan fingerprint density at radius 3 is 2.47 bits per heavy atom. The van der Waals surface area contributed by atoms with Gasteiger partial charge in [0.05, 0.1) is 5.69 Å². The van der Waals surface area contributed by atoms with Crippen LogP contribution in [0.3, 0.4) is 0 Å². The fourth-order valence-electron chi connectivity index (χ4n) is 4.56. The van der Waals surface area contributed by atoms with E-state index in [0.717, 1.165) is 54.5 Å². The molecule has 0 bridgehead atoms. The smallest absolute Gasteiger partial charge is 0.345 e. The van der Waals surface area contributed by atoms with Gasteiger partial charge in [-0.05, 0) is 64.2 Å². The Morgan fingerprint density at radius 1 is 1.12 bits per heavy atom. The molecule has 0 saturated heterocycles. The zero-order valence-electron chi connectivity index (χ0n) is 19.8. The number of aromatic hydroxyl groups is 1. The van der Waals surface area contributed by atoms with Crippen molar-refractivity contribution in [1.82, 2.24) is 19.4 Å². The molecule has 0 atom stereocenters. The summed E-state index contributed by atoms with van der Waals surface area (Å²) < 4.78 is 2.21. The van der Waals surface area contributed by atoms with Crippen molar-refractivity contribution in [3.63, 3.8) is 0 Å².